The van der Waals surface area contributed by atoms with E-state index in [9.17, 15) is 4.39 Å². The van der Waals surface area contributed by atoms with Crippen molar-refractivity contribution in [2.45, 2.75) is 6.54 Å². The second-order valence-corrected chi connectivity index (χ2v) is 4.32. The number of methoxy groups -OCH3 is 1. The molecule has 0 atom stereocenters. The van der Waals surface area contributed by atoms with Crippen LogP contribution in [0.2, 0.25) is 0 Å². The third-order valence-corrected chi connectivity index (χ3v) is 3.13. The van der Waals surface area contributed by atoms with E-state index in [1.807, 2.05) is 28.8 Å². The van der Waals surface area contributed by atoms with Gasteiger partial charge in [-0.25, -0.2) is 9.37 Å². The Morgan fingerprint density at radius 2 is 2.05 bits per heavy atom. The van der Waals surface area contributed by atoms with Crippen molar-refractivity contribution in [3.8, 4) is 5.75 Å². The average Bonchev–Trinajstić information content (AvgIpc) is 2.84. The summed E-state index contributed by atoms with van der Waals surface area (Å²) >= 11 is 0. The van der Waals surface area contributed by atoms with Crippen LogP contribution in [0.25, 0.3) is 11.0 Å². The molecular formula is C15H13FN2O. The molecule has 0 radical (unpaired) electrons. The molecule has 0 aliphatic carbocycles. The van der Waals surface area contributed by atoms with Crippen molar-refractivity contribution in [3.63, 3.8) is 0 Å². The molecule has 0 amide bonds. The topological polar surface area (TPSA) is 27.1 Å². The molecule has 3 nitrogen and oxygen atoms in total. The monoisotopic (exact) mass is 256 g/mol. The van der Waals surface area contributed by atoms with Gasteiger partial charge in [0.05, 0.1) is 31.0 Å². The molecule has 1 aromatic heterocycles. The number of nitrogens with zero attached hydrogens (tertiary/aromatic N) is 2. The van der Waals surface area contributed by atoms with Crippen LogP contribution in [0.4, 0.5) is 4.39 Å². The number of aromatic nitrogens is 2. The number of imidazole rings is 1. The van der Waals surface area contributed by atoms with Crippen LogP contribution in [0, 0.1) is 5.82 Å². The van der Waals surface area contributed by atoms with Gasteiger partial charge in [-0.3, -0.25) is 0 Å². The normalized spacial score (nSPS) is 10.8. The Labute approximate surface area is 110 Å². The summed E-state index contributed by atoms with van der Waals surface area (Å²) in [7, 11) is 1.53. The Morgan fingerprint density at radius 1 is 1.21 bits per heavy atom. The first-order chi connectivity index (χ1) is 9.28. The van der Waals surface area contributed by atoms with Crippen LogP contribution in [0.3, 0.4) is 0 Å². The lowest BCUT2D eigenvalue weighted by atomic mass is 10.2. The number of rotatable bonds is 3. The van der Waals surface area contributed by atoms with Crippen LogP contribution >= 0.6 is 0 Å². The van der Waals surface area contributed by atoms with E-state index in [1.165, 1.54) is 13.2 Å². The Kier molecular flexibility index (Phi) is 2.91. The van der Waals surface area contributed by atoms with E-state index in [-0.39, 0.29) is 5.82 Å². The van der Waals surface area contributed by atoms with E-state index in [0.29, 0.717) is 17.9 Å². The van der Waals surface area contributed by atoms with E-state index in [1.54, 1.807) is 18.5 Å². The maximum atomic E-state index is 13.9. The number of benzene rings is 2. The zero-order valence-corrected chi connectivity index (χ0v) is 10.5. The van der Waals surface area contributed by atoms with Crippen LogP contribution in [0.15, 0.2) is 48.8 Å². The van der Waals surface area contributed by atoms with Crippen LogP contribution in [-0.2, 0) is 6.54 Å². The Morgan fingerprint density at radius 3 is 2.84 bits per heavy atom. The molecule has 0 spiro atoms. The molecule has 3 rings (SSSR count). The summed E-state index contributed by atoms with van der Waals surface area (Å²) < 4.78 is 20.8. The minimum absolute atomic E-state index is 0.267. The summed E-state index contributed by atoms with van der Waals surface area (Å²) in [6.07, 6.45) is 1.73. The molecule has 0 N–H and O–H groups in total. The molecule has 1 heterocycles. The van der Waals surface area contributed by atoms with Crippen molar-refractivity contribution in [2.24, 2.45) is 0 Å². The fourth-order valence-corrected chi connectivity index (χ4v) is 2.10. The summed E-state index contributed by atoms with van der Waals surface area (Å²) in [4.78, 5) is 4.29. The molecular weight excluding hydrogens is 243 g/mol. The maximum absolute atomic E-state index is 13.9. The lowest BCUT2D eigenvalue weighted by molar-refractivity contribution is 0.410. The fraction of sp³-hybridized carbons (Fsp3) is 0.133. The van der Waals surface area contributed by atoms with Gasteiger partial charge < -0.3 is 9.30 Å². The first-order valence-corrected chi connectivity index (χ1v) is 6.00. The predicted molar refractivity (Wildman–Crippen MR) is 71.8 cm³/mol. The van der Waals surface area contributed by atoms with Gasteiger partial charge in [0.1, 0.15) is 11.6 Å². The fourth-order valence-electron chi connectivity index (χ4n) is 2.10. The first kappa shape index (κ1) is 11.7. The second kappa shape index (κ2) is 4.72. The van der Waals surface area contributed by atoms with E-state index < -0.39 is 0 Å². The Balaban J connectivity index is 1.97. The van der Waals surface area contributed by atoms with Gasteiger partial charge in [0.25, 0.3) is 0 Å². The van der Waals surface area contributed by atoms with Crippen LogP contribution in [-0.4, -0.2) is 16.7 Å². The van der Waals surface area contributed by atoms with Gasteiger partial charge in [0.15, 0.2) is 0 Å². The van der Waals surface area contributed by atoms with Gasteiger partial charge >= 0.3 is 0 Å². The molecule has 0 aliphatic heterocycles. The molecule has 96 valence electrons. The van der Waals surface area contributed by atoms with Crippen molar-refractivity contribution in [3.05, 3.63) is 60.2 Å². The molecule has 0 bridgehead atoms. The number of hydrogen-bond donors (Lipinski definition) is 0. The lowest BCUT2D eigenvalue weighted by Gasteiger charge is -2.07. The predicted octanol–water partition coefficient (Wildman–Crippen LogP) is 3.23. The minimum Gasteiger partial charge on any atom is -0.497 e. The smallest absolute Gasteiger partial charge is 0.131 e. The van der Waals surface area contributed by atoms with Crippen molar-refractivity contribution >= 4 is 11.0 Å². The van der Waals surface area contributed by atoms with Crippen LogP contribution in [0.5, 0.6) is 5.75 Å². The van der Waals surface area contributed by atoms with E-state index in [0.717, 1.165) is 11.0 Å². The molecule has 3 aromatic rings. The van der Waals surface area contributed by atoms with E-state index in [2.05, 4.69) is 4.98 Å². The zero-order valence-electron chi connectivity index (χ0n) is 10.5. The van der Waals surface area contributed by atoms with E-state index in [4.69, 9.17) is 4.74 Å². The lowest BCUT2D eigenvalue weighted by Crippen LogP contribution is -2.01. The number of fused-ring (bicyclic) bond motifs is 1. The summed E-state index contributed by atoms with van der Waals surface area (Å²) in [5.74, 6) is 0.258. The minimum atomic E-state index is -0.267. The molecule has 0 fully saturated rings. The van der Waals surface area contributed by atoms with Crippen molar-refractivity contribution in [2.75, 3.05) is 7.11 Å². The third-order valence-electron chi connectivity index (χ3n) is 3.13. The highest BCUT2D eigenvalue weighted by Crippen LogP contribution is 2.19. The van der Waals surface area contributed by atoms with Gasteiger partial charge in [0, 0.05) is 11.6 Å². The van der Waals surface area contributed by atoms with Gasteiger partial charge in [-0.05, 0) is 18.2 Å². The Bertz CT molecular complexity index is 721. The summed E-state index contributed by atoms with van der Waals surface area (Å²) in [5.41, 5.74) is 2.53. The summed E-state index contributed by atoms with van der Waals surface area (Å²) in [5, 5.41) is 0. The van der Waals surface area contributed by atoms with Gasteiger partial charge in [-0.2, -0.15) is 0 Å². The molecule has 0 saturated heterocycles. The number of halogens is 1. The molecule has 0 unspecified atom stereocenters. The zero-order chi connectivity index (χ0) is 13.2. The van der Waals surface area contributed by atoms with Crippen molar-refractivity contribution in [1.82, 2.24) is 9.55 Å². The summed E-state index contributed by atoms with van der Waals surface area (Å²) in [6, 6.07) is 12.7. The highest BCUT2D eigenvalue weighted by molar-refractivity contribution is 5.75. The Hall–Kier alpha value is -2.36. The molecule has 0 aliphatic rings. The second-order valence-electron chi connectivity index (χ2n) is 4.32. The summed E-state index contributed by atoms with van der Waals surface area (Å²) in [6.45, 7) is 0.455. The highest BCUT2D eigenvalue weighted by atomic mass is 19.1. The first-order valence-electron chi connectivity index (χ1n) is 6.00. The maximum Gasteiger partial charge on any atom is 0.131 e. The average molecular weight is 256 g/mol. The largest absolute Gasteiger partial charge is 0.497 e. The number of hydrogen-bond acceptors (Lipinski definition) is 2. The number of para-hydroxylation sites is 2. The van der Waals surface area contributed by atoms with Gasteiger partial charge in [-0.1, -0.05) is 18.2 Å². The number of ether oxygens (including phenoxy) is 1. The van der Waals surface area contributed by atoms with Gasteiger partial charge in [0.2, 0.25) is 0 Å². The van der Waals surface area contributed by atoms with Crippen molar-refractivity contribution in [1.29, 1.82) is 0 Å². The van der Waals surface area contributed by atoms with Crippen molar-refractivity contribution < 1.29 is 9.13 Å². The molecule has 0 saturated carbocycles. The van der Waals surface area contributed by atoms with Crippen LogP contribution < -0.4 is 4.74 Å². The molecule has 19 heavy (non-hydrogen) atoms. The molecule has 2 aromatic carbocycles. The standard InChI is InChI=1S/C15H13FN2O/c1-19-12-7-6-11(13(16)8-12)9-18-10-17-14-4-2-3-5-15(14)18/h2-8,10H,9H2,1H3. The van der Waals surface area contributed by atoms with Crippen LogP contribution in [0.1, 0.15) is 5.56 Å². The quantitative estimate of drug-likeness (QED) is 0.719. The highest BCUT2D eigenvalue weighted by Gasteiger charge is 2.07. The molecule has 4 heteroatoms. The third kappa shape index (κ3) is 2.17. The SMILES string of the molecule is COc1ccc(Cn2cnc3ccccc32)c(F)c1. The van der Waals surface area contributed by atoms with Gasteiger partial charge in [-0.15, -0.1) is 0 Å². The van der Waals surface area contributed by atoms with E-state index >= 15 is 0 Å².